The standard InChI is InChI=1S/C35H48O5SSi/c1-4-28(2)27-41-34-23-17-31(18-24-34)35(36)40-33-21-15-30(16-22-33)29-13-19-32(20-14-29)39-25-11-9-7-5-6-8-10-12-26-42(3,37)38/h13-24,28,37-38H,4-12,25-27H2,1-3H3/t28-/m0/s1. The summed E-state index contributed by atoms with van der Waals surface area (Å²) in [7, 11) is -2.85. The molecule has 3 aromatic rings. The van der Waals surface area contributed by atoms with Gasteiger partial charge in [-0.15, -0.1) is 11.8 Å². The van der Waals surface area contributed by atoms with Gasteiger partial charge in [0.1, 0.15) is 11.5 Å². The Labute approximate surface area is 257 Å². The fraction of sp³-hybridized carbons (Fsp3) is 0.457. The lowest BCUT2D eigenvalue weighted by molar-refractivity contribution is 0.0734. The number of rotatable bonds is 19. The fourth-order valence-electron chi connectivity index (χ4n) is 4.48. The van der Waals surface area contributed by atoms with Crippen LogP contribution in [-0.4, -0.2) is 36.5 Å². The van der Waals surface area contributed by atoms with Crippen molar-refractivity contribution in [3.05, 3.63) is 78.4 Å². The number of thioether (sulfide) groups is 1. The molecule has 0 fully saturated rings. The van der Waals surface area contributed by atoms with Crippen molar-refractivity contribution >= 4 is 26.3 Å². The fourth-order valence-corrected chi connectivity index (χ4v) is 6.44. The molecule has 0 bridgehead atoms. The van der Waals surface area contributed by atoms with Crippen molar-refractivity contribution in [2.45, 2.75) is 89.1 Å². The lowest BCUT2D eigenvalue weighted by Crippen LogP contribution is -2.29. The van der Waals surface area contributed by atoms with E-state index in [1.165, 1.54) is 37.0 Å². The first-order valence-corrected chi connectivity index (χ1v) is 19.1. The van der Waals surface area contributed by atoms with Crippen molar-refractivity contribution in [2.75, 3.05) is 12.4 Å². The molecule has 7 heteroatoms. The maximum absolute atomic E-state index is 12.6. The van der Waals surface area contributed by atoms with Crippen LogP contribution in [0.5, 0.6) is 11.5 Å². The van der Waals surface area contributed by atoms with Crippen LogP contribution in [0.3, 0.4) is 0 Å². The Kier molecular flexibility index (Phi) is 14.7. The molecular formula is C35H48O5SSi. The molecule has 0 aliphatic carbocycles. The highest BCUT2D eigenvalue weighted by atomic mass is 32.2. The quantitative estimate of drug-likeness (QED) is 0.0464. The molecule has 2 N–H and O–H groups in total. The molecule has 0 radical (unpaired) electrons. The average Bonchev–Trinajstić information content (AvgIpc) is 2.99. The van der Waals surface area contributed by atoms with Gasteiger partial charge in [0, 0.05) is 10.6 Å². The molecule has 0 aliphatic heterocycles. The zero-order chi connectivity index (χ0) is 30.2. The topological polar surface area (TPSA) is 76.0 Å². The number of carbonyl (C=O) groups excluding carboxylic acids is 1. The molecule has 0 saturated carbocycles. The van der Waals surface area contributed by atoms with Crippen LogP contribution in [0.2, 0.25) is 12.6 Å². The van der Waals surface area contributed by atoms with E-state index >= 15 is 0 Å². The third-order valence-electron chi connectivity index (χ3n) is 7.39. The maximum atomic E-state index is 12.6. The van der Waals surface area contributed by atoms with E-state index in [1.54, 1.807) is 6.55 Å². The van der Waals surface area contributed by atoms with E-state index in [4.69, 9.17) is 9.47 Å². The zero-order valence-corrected chi connectivity index (χ0v) is 27.3. The van der Waals surface area contributed by atoms with Crippen molar-refractivity contribution in [1.82, 2.24) is 0 Å². The smallest absolute Gasteiger partial charge is 0.343 e. The van der Waals surface area contributed by atoms with Gasteiger partial charge in [-0.1, -0.05) is 89.5 Å². The van der Waals surface area contributed by atoms with Crippen LogP contribution >= 0.6 is 11.8 Å². The molecule has 0 aromatic heterocycles. The number of unbranched alkanes of at least 4 members (excludes halogenated alkanes) is 7. The number of ether oxygens (including phenoxy) is 2. The van der Waals surface area contributed by atoms with Crippen LogP contribution < -0.4 is 9.47 Å². The Balaban J connectivity index is 1.33. The largest absolute Gasteiger partial charge is 0.494 e. The van der Waals surface area contributed by atoms with Gasteiger partial charge in [0.2, 0.25) is 0 Å². The van der Waals surface area contributed by atoms with Gasteiger partial charge < -0.3 is 19.1 Å². The summed E-state index contributed by atoms with van der Waals surface area (Å²) in [6.45, 7) is 6.75. The first-order valence-electron chi connectivity index (χ1n) is 15.5. The van der Waals surface area contributed by atoms with Crippen LogP contribution in [0.25, 0.3) is 11.1 Å². The minimum Gasteiger partial charge on any atom is -0.494 e. The van der Waals surface area contributed by atoms with E-state index in [-0.39, 0.29) is 5.97 Å². The predicted octanol–water partition coefficient (Wildman–Crippen LogP) is 9.27. The molecule has 3 aromatic carbocycles. The molecule has 1 atom stereocenters. The summed E-state index contributed by atoms with van der Waals surface area (Å²) < 4.78 is 11.5. The number of carbonyl (C=O) groups is 1. The summed E-state index contributed by atoms with van der Waals surface area (Å²) in [5, 5.41) is 0. The van der Waals surface area contributed by atoms with Crippen molar-refractivity contribution in [3.8, 4) is 22.6 Å². The first-order chi connectivity index (χ1) is 20.2. The third-order valence-corrected chi connectivity index (χ3v) is 10.0. The molecule has 5 nitrogen and oxygen atoms in total. The second kappa shape index (κ2) is 18.2. The average molecular weight is 609 g/mol. The molecule has 0 amide bonds. The Morgan fingerprint density at radius 3 is 1.83 bits per heavy atom. The van der Waals surface area contributed by atoms with E-state index in [0.29, 0.717) is 23.3 Å². The van der Waals surface area contributed by atoms with Crippen molar-refractivity contribution < 1.29 is 23.9 Å². The summed E-state index contributed by atoms with van der Waals surface area (Å²) in [5.74, 6) is 2.79. The van der Waals surface area contributed by atoms with E-state index in [9.17, 15) is 14.4 Å². The van der Waals surface area contributed by atoms with Gasteiger partial charge in [-0.05, 0) is 84.6 Å². The van der Waals surface area contributed by atoms with Gasteiger partial charge >= 0.3 is 14.5 Å². The van der Waals surface area contributed by atoms with Crippen LogP contribution in [0.1, 0.15) is 82.0 Å². The van der Waals surface area contributed by atoms with Crippen molar-refractivity contribution in [1.29, 1.82) is 0 Å². The normalized spacial score (nSPS) is 12.2. The molecule has 0 heterocycles. The summed E-state index contributed by atoms with van der Waals surface area (Å²) in [6, 6.07) is 23.9. The number of hydrogen-bond donors (Lipinski definition) is 2. The summed E-state index contributed by atoms with van der Waals surface area (Å²) in [4.78, 5) is 32.7. The van der Waals surface area contributed by atoms with Crippen LogP contribution in [0.15, 0.2) is 77.7 Å². The predicted molar refractivity (Wildman–Crippen MR) is 177 cm³/mol. The van der Waals surface area contributed by atoms with Gasteiger partial charge in [0.25, 0.3) is 0 Å². The molecule has 0 saturated heterocycles. The number of benzene rings is 3. The number of esters is 1. The van der Waals surface area contributed by atoms with E-state index in [1.807, 2.05) is 72.4 Å². The summed E-state index contributed by atoms with van der Waals surface area (Å²) in [5.41, 5.74) is 2.68. The maximum Gasteiger partial charge on any atom is 0.343 e. The summed E-state index contributed by atoms with van der Waals surface area (Å²) in [6.07, 6.45) is 10.2. The molecule has 0 aliphatic rings. The molecule has 228 valence electrons. The highest BCUT2D eigenvalue weighted by Crippen LogP contribution is 2.26. The molecule has 42 heavy (non-hydrogen) atoms. The first kappa shape index (κ1) is 33.9. The van der Waals surface area contributed by atoms with Crippen LogP contribution in [-0.2, 0) is 0 Å². The van der Waals surface area contributed by atoms with Crippen LogP contribution in [0, 0.1) is 5.92 Å². The Hall–Kier alpha value is -2.58. The van der Waals surface area contributed by atoms with E-state index in [2.05, 4.69) is 26.0 Å². The zero-order valence-electron chi connectivity index (χ0n) is 25.5. The molecule has 0 spiro atoms. The highest BCUT2D eigenvalue weighted by Gasteiger charge is 2.19. The van der Waals surface area contributed by atoms with E-state index in [0.717, 1.165) is 54.9 Å². The Morgan fingerprint density at radius 1 is 0.762 bits per heavy atom. The second-order valence-corrected chi connectivity index (χ2v) is 15.5. The Bertz CT molecular complexity index is 1170. The van der Waals surface area contributed by atoms with Gasteiger partial charge in [0.05, 0.1) is 12.2 Å². The molecule has 0 unspecified atom stereocenters. The monoisotopic (exact) mass is 608 g/mol. The third kappa shape index (κ3) is 13.2. The lowest BCUT2D eigenvalue weighted by Gasteiger charge is -2.10. The lowest BCUT2D eigenvalue weighted by atomic mass is 10.1. The Morgan fingerprint density at radius 2 is 1.29 bits per heavy atom. The minimum atomic E-state index is -2.85. The van der Waals surface area contributed by atoms with Gasteiger partial charge in [0.15, 0.2) is 0 Å². The van der Waals surface area contributed by atoms with Crippen molar-refractivity contribution in [2.24, 2.45) is 5.92 Å². The van der Waals surface area contributed by atoms with Gasteiger partial charge in [-0.3, -0.25) is 0 Å². The van der Waals surface area contributed by atoms with Gasteiger partial charge in [-0.25, -0.2) is 4.79 Å². The minimum absolute atomic E-state index is 0.353. The number of hydrogen-bond acceptors (Lipinski definition) is 6. The van der Waals surface area contributed by atoms with Gasteiger partial charge in [-0.2, -0.15) is 0 Å². The SMILES string of the molecule is CC[C@H](C)CSc1ccc(C(=O)Oc2ccc(-c3ccc(OCCCCCCCCCC[Si](C)(O)O)cc3)cc2)cc1. The van der Waals surface area contributed by atoms with Crippen LogP contribution in [0.4, 0.5) is 0 Å². The molecular weight excluding hydrogens is 561 g/mol. The van der Waals surface area contributed by atoms with Crippen molar-refractivity contribution in [3.63, 3.8) is 0 Å². The molecule has 3 rings (SSSR count). The highest BCUT2D eigenvalue weighted by molar-refractivity contribution is 7.99. The van der Waals surface area contributed by atoms with E-state index < -0.39 is 8.56 Å². The second-order valence-electron chi connectivity index (χ2n) is 11.4. The summed E-state index contributed by atoms with van der Waals surface area (Å²) >= 11 is 1.82.